The molecule has 0 saturated heterocycles. The molecule has 98 valence electrons. The molecule has 2 rings (SSSR count). The molecule has 0 spiro atoms. The van der Waals surface area contributed by atoms with Gasteiger partial charge >= 0.3 is 5.97 Å². The molecule has 1 aromatic heterocycles. The average Bonchev–Trinajstić information content (AvgIpc) is 2.36. The van der Waals surface area contributed by atoms with Gasteiger partial charge in [0.2, 0.25) is 0 Å². The van der Waals surface area contributed by atoms with E-state index in [1.54, 1.807) is 0 Å². The Morgan fingerprint density at radius 2 is 2.05 bits per heavy atom. The smallest absolute Gasteiger partial charge is 0.342 e. The van der Waals surface area contributed by atoms with Crippen LogP contribution >= 0.6 is 0 Å². The lowest BCUT2D eigenvalue weighted by molar-refractivity contribution is 0.0693. The van der Waals surface area contributed by atoms with Crippen LogP contribution in [-0.4, -0.2) is 20.6 Å². The van der Waals surface area contributed by atoms with Crippen LogP contribution in [0.2, 0.25) is 0 Å². The molecule has 0 unspecified atom stereocenters. The van der Waals surface area contributed by atoms with E-state index in [0.717, 1.165) is 29.2 Å². The SMILES string of the molecule is O=C(O)c1cncn(Cc2ccc(F)c(F)c2)c1=O. The normalized spacial score (nSPS) is 10.4. The molecule has 0 fully saturated rings. The van der Waals surface area contributed by atoms with Crippen molar-refractivity contribution in [3.63, 3.8) is 0 Å². The molecule has 0 bridgehead atoms. The third-order valence-electron chi connectivity index (χ3n) is 2.47. The lowest BCUT2D eigenvalue weighted by Crippen LogP contribution is -2.27. The first-order valence-corrected chi connectivity index (χ1v) is 5.20. The fraction of sp³-hybridized carbons (Fsp3) is 0.0833. The molecule has 0 amide bonds. The lowest BCUT2D eigenvalue weighted by atomic mass is 10.2. The van der Waals surface area contributed by atoms with Crippen molar-refractivity contribution < 1.29 is 18.7 Å². The van der Waals surface area contributed by atoms with Crippen molar-refractivity contribution >= 4 is 5.97 Å². The highest BCUT2D eigenvalue weighted by Gasteiger charge is 2.11. The molecule has 0 aliphatic rings. The summed E-state index contributed by atoms with van der Waals surface area (Å²) in [4.78, 5) is 26.1. The minimum Gasteiger partial charge on any atom is -0.477 e. The maximum Gasteiger partial charge on any atom is 0.342 e. The Morgan fingerprint density at radius 1 is 1.32 bits per heavy atom. The van der Waals surface area contributed by atoms with Crippen LogP contribution in [-0.2, 0) is 6.54 Å². The van der Waals surface area contributed by atoms with E-state index < -0.39 is 28.7 Å². The van der Waals surface area contributed by atoms with E-state index in [-0.39, 0.29) is 6.54 Å². The van der Waals surface area contributed by atoms with Gasteiger partial charge in [-0.3, -0.25) is 9.36 Å². The number of aromatic carboxylic acids is 1. The molecule has 1 aromatic carbocycles. The summed E-state index contributed by atoms with van der Waals surface area (Å²) in [5.41, 5.74) is -0.914. The van der Waals surface area contributed by atoms with Crippen LogP contribution in [0.25, 0.3) is 0 Å². The second-order valence-electron chi connectivity index (χ2n) is 3.79. The van der Waals surface area contributed by atoms with Crippen LogP contribution in [0.1, 0.15) is 15.9 Å². The fourth-order valence-corrected chi connectivity index (χ4v) is 1.54. The minimum absolute atomic E-state index is 0.0931. The lowest BCUT2D eigenvalue weighted by Gasteiger charge is -2.06. The summed E-state index contributed by atoms with van der Waals surface area (Å²) in [7, 11) is 0. The molecule has 2 aromatic rings. The minimum atomic E-state index is -1.39. The van der Waals surface area contributed by atoms with Crippen LogP contribution in [0.3, 0.4) is 0 Å². The maximum atomic E-state index is 13.0. The molecule has 1 heterocycles. The summed E-state index contributed by atoms with van der Waals surface area (Å²) in [5, 5.41) is 8.77. The van der Waals surface area contributed by atoms with E-state index in [4.69, 9.17) is 5.11 Å². The number of hydrogen-bond acceptors (Lipinski definition) is 3. The van der Waals surface area contributed by atoms with Gasteiger partial charge in [-0.2, -0.15) is 0 Å². The number of hydrogen-bond donors (Lipinski definition) is 1. The second-order valence-corrected chi connectivity index (χ2v) is 3.79. The molecule has 19 heavy (non-hydrogen) atoms. The fourth-order valence-electron chi connectivity index (χ4n) is 1.54. The van der Waals surface area contributed by atoms with Crippen molar-refractivity contribution in [2.45, 2.75) is 6.54 Å². The molecule has 7 heteroatoms. The first-order valence-electron chi connectivity index (χ1n) is 5.20. The van der Waals surface area contributed by atoms with Crippen molar-refractivity contribution in [2.24, 2.45) is 0 Å². The molecule has 0 aliphatic heterocycles. The molecule has 0 saturated carbocycles. The van der Waals surface area contributed by atoms with Crippen molar-refractivity contribution in [1.82, 2.24) is 9.55 Å². The summed E-state index contributed by atoms with van der Waals surface area (Å²) in [6.45, 7) is -0.0931. The van der Waals surface area contributed by atoms with Gasteiger partial charge < -0.3 is 5.11 Å². The van der Waals surface area contributed by atoms with E-state index >= 15 is 0 Å². The quantitative estimate of drug-likeness (QED) is 0.908. The largest absolute Gasteiger partial charge is 0.477 e. The number of rotatable bonds is 3. The van der Waals surface area contributed by atoms with E-state index in [1.165, 1.54) is 6.07 Å². The number of carbonyl (C=O) groups is 1. The first kappa shape index (κ1) is 12.9. The van der Waals surface area contributed by atoms with E-state index in [9.17, 15) is 18.4 Å². The Bertz CT molecular complexity index is 698. The Balaban J connectivity index is 2.38. The number of aromatic nitrogens is 2. The van der Waals surface area contributed by atoms with Gasteiger partial charge in [-0.1, -0.05) is 6.07 Å². The molecule has 1 N–H and O–H groups in total. The van der Waals surface area contributed by atoms with Gasteiger partial charge in [0.15, 0.2) is 11.6 Å². The predicted octanol–water partition coefficient (Wildman–Crippen LogP) is 1.27. The van der Waals surface area contributed by atoms with E-state index in [0.29, 0.717) is 5.56 Å². The zero-order valence-electron chi connectivity index (χ0n) is 9.51. The van der Waals surface area contributed by atoms with Gasteiger partial charge in [-0.05, 0) is 17.7 Å². The number of halogens is 2. The third kappa shape index (κ3) is 2.65. The van der Waals surface area contributed by atoms with Gasteiger partial charge in [0.25, 0.3) is 5.56 Å². The monoisotopic (exact) mass is 266 g/mol. The number of carboxylic acid groups (broad SMARTS) is 1. The van der Waals surface area contributed by atoms with Gasteiger partial charge in [-0.15, -0.1) is 0 Å². The van der Waals surface area contributed by atoms with Crippen molar-refractivity contribution in [2.75, 3.05) is 0 Å². The zero-order valence-corrected chi connectivity index (χ0v) is 9.51. The standard InChI is InChI=1S/C12H8F2N2O3/c13-9-2-1-7(3-10(9)14)5-16-6-15-4-8(11(16)17)12(18)19/h1-4,6H,5H2,(H,18,19). The highest BCUT2D eigenvalue weighted by molar-refractivity contribution is 5.86. The molecule has 5 nitrogen and oxygen atoms in total. The summed E-state index contributed by atoms with van der Waals surface area (Å²) in [5.74, 6) is -3.42. The van der Waals surface area contributed by atoms with Crippen LogP contribution in [0.4, 0.5) is 8.78 Å². The Labute approximate surface area is 105 Å². The summed E-state index contributed by atoms with van der Waals surface area (Å²) in [6, 6.07) is 3.18. The van der Waals surface area contributed by atoms with Crippen LogP contribution in [0, 0.1) is 11.6 Å². The number of carboxylic acids is 1. The maximum absolute atomic E-state index is 13.0. The topological polar surface area (TPSA) is 72.2 Å². The van der Waals surface area contributed by atoms with Crippen LogP contribution in [0.15, 0.2) is 35.5 Å². The Kier molecular flexibility index (Phi) is 3.37. The highest BCUT2D eigenvalue weighted by atomic mass is 19.2. The molecule has 0 atom stereocenters. The highest BCUT2D eigenvalue weighted by Crippen LogP contribution is 2.09. The van der Waals surface area contributed by atoms with E-state index in [1.807, 2.05) is 0 Å². The Hall–Kier alpha value is -2.57. The van der Waals surface area contributed by atoms with Crippen molar-refractivity contribution in [1.29, 1.82) is 0 Å². The van der Waals surface area contributed by atoms with E-state index in [2.05, 4.69) is 4.98 Å². The summed E-state index contributed by atoms with van der Waals surface area (Å²) >= 11 is 0. The van der Waals surface area contributed by atoms with Crippen LogP contribution in [0.5, 0.6) is 0 Å². The molecular formula is C12H8F2N2O3. The van der Waals surface area contributed by atoms with Crippen LogP contribution < -0.4 is 5.56 Å². The van der Waals surface area contributed by atoms with Crippen molar-refractivity contribution in [3.05, 3.63) is 63.8 Å². The molecular weight excluding hydrogens is 258 g/mol. The molecule has 0 aliphatic carbocycles. The van der Waals surface area contributed by atoms with Gasteiger partial charge in [0, 0.05) is 6.20 Å². The molecule has 0 radical (unpaired) electrons. The average molecular weight is 266 g/mol. The Morgan fingerprint density at radius 3 is 2.68 bits per heavy atom. The van der Waals surface area contributed by atoms with Gasteiger partial charge in [0.05, 0.1) is 12.9 Å². The number of benzene rings is 1. The first-order chi connectivity index (χ1) is 8.99. The zero-order chi connectivity index (χ0) is 14.0. The third-order valence-corrected chi connectivity index (χ3v) is 2.47. The second kappa shape index (κ2) is 4.97. The van der Waals surface area contributed by atoms with Crippen molar-refractivity contribution in [3.8, 4) is 0 Å². The predicted molar refractivity (Wildman–Crippen MR) is 60.9 cm³/mol. The van der Waals surface area contributed by atoms with Gasteiger partial charge in [0.1, 0.15) is 5.56 Å². The van der Waals surface area contributed by atoms with Gasteiger partial charge in [-0.25, -0.2) is 18.6 Å². The summed E-state index contributed by atoms with van der Waals surface area (Å²) in [6.07, 6.45) is 2.07. The summed E-state index contributed by atoms with van der Waals surface area (Å²) < 4.78 is 26.8. The number of nitrogens with zero attached hydrogens (tertiary/aromatic N) is 2.